The van der Waals surface area contributed by atoms with E-state index < -0.39 is 23.1 Å². The molecule has 0 fully saturated rings. The van der Waals surface area contributed by atoms with Crippen LogP contribution < -0.4 is 29.3 Å². The highest BCUT2D eigenvalue weighted by molar-refractivity contribution is 5.84. The average Bonchev–Trinajstić information content (AvgIpc) is 3.43. The molecule has 2 aromatic carbocycles. The number of amides is 1. The molecular formula is C20H17N5O9. The first kappa shape index (κ1) is 22.3. The van der Waals surface area contributed by atoms with Crippen molar-refractivity contribution in [2.45, 2.75) is 6.92 Å². The summed E-state index contributed by atoms with van der Waals surface area (Å²) >= 11 is 0. The minimum atomic E-state index is -0.680. The molecule has 4 rings (SSSR count). The van der Waals surface area contributed by atoms with Gasteiger partial charge in [0.15, 0.2) is 29.6 Å². The van der Waals surface area contributed by atoms with Gasteiger partial charge >= 0.3 is 0 Å². The van der Waals surface area contributed by atoms with Crippen molar-refractivity contribution >= 4 is 17.8 Å². The molecule has 1 aliphatic rings. The van der Waals surface area contributed by atoms with Crippen LogP contribution in [-0.4, -0.2) is 42.7 Å². The molecule has 1 aromatic heterocycles. The van der Waals surface area contributed by atoms with Crippen molar-refractivity contribution in [1.29, 1.82) is 0 Å². The molecule has 1 N–H and O–H groups in total. The van der Waals surface area contributed by atoms with Gasteiger partial charge in [-0.3, -0.25) is 19.5 Å². The van der Waals surface area contributed by atoms with Gasteiger partial charge in [-0.1, -0.05) is 0 Å². The minimum Gasteiger partial charge on any atom is -0.493 e. The molecule has 0 aliphatic carbocycles. The number of nitro benzene ring substituents is 1. The molecular weight excluding hydrogens is 454 g/mol. The third-order valence-electron chi connectivity index (χ3n) is 4.71. The summed E-state index contributed by atoms with van der Waals surface area (Å²) in [4.78, 5) is 23.2. The van der Waals surface area contributed by atoms with E-state index in [4.69, 9.17) is 18.9 Å². The van der Waals surface area contributed by atoms with Crippen LogP contribution in [0.15, 0.2) is 40.1 Å². The number of ether oxygens (including phenoxy) is 4. The number of benzene rings is 2. The summed E-state index contributed by atoms with van der Waals surface area (Å²) < 4.78 is 25.6. The fourth-order valence-corrected chi connectivity index (χ4v) is 3.05. The van der Waals surface area contributed by atoms with Gasteiger partial charge in [0.2, 0.25) is 12.5 Å². The van der Waals surface area contributed by atoms with Gasteiger partial charge in [0.25, 0.3) is 17.3 Å². The second kappa shape index (κ2) is 9.32. The van der Waals surface area contributed by atoms with E-state index in [0.29, 0.717) is 17.1 Å². The van der Waals surface area contributed by atoms with E-state index in [0.717, 1.165) is 6.07 Å². The van der Waals surface area contributed by atoms with E-state index in [-0.39, 0.29) is 40.1 Å². The predicted octanol–water partition coefficient (Wildman–Crippen LogP) is 1.46. The summed E-state index contributed by atoms with van der Waals surface area (Å²) in [5.41, 5.74) is 2.52. The number of hydrazone groups is 1. The van der Waals surface area contributed by atoms with Crippen molar-refractivity contribution in [3.63, 3.8) is 0 Å². The van der Waals surface area contributed by atoms with Crippen LogP contribution in [0, 0.1) is 22.2 Å². The highest BCUT2D eigenvalue weighted by Gasteiger charge is 2.29. The molecule has 0 spiro atoms. The standard InChI is InChI=1S/C20H17N5O9/c1-11-20(23-34-25(11)29)13-6-16(30-2)18(7-14(13)24(27)28)31-9-19(26)22-21-8-12-3-4-15-17(5-12)33-10-32-15/h3-8H,9-10H2,1-2H3,(H,22,26)/b21-8+. The molecule has 0 saturated carbocycles. The SMILES string of the molecule is COc1cc(-c2no[n+]([O-])c2C)c([N+](=O)[O-])cc1OCC(=O)N/N=C/c1ccc2c(c1)OCO2. The second-order valence-electron chi connectivity index (χ2n) is 6.84. The maximum atomic E-state index is 12.1. The molecule has 0 radical (unpaired) electrons. The summed E-state index contributed by atoms with van der Waals surface area (Å²) in [7, 11) is 1.32. The number of hydrogen-bond acceptors (Lipinski definition) is 11. The van der Waals surface area contributed by atoms with Gasteiger partial charge in [-0.2, -0.15) is 5.10 Å². The molecule has 0 atom stereocenters. The monoisotopic (exact) mass is 471 g/mol. The van der Waals surface area contributed by atoms with Gasteiger partial charge in [-0.25, -0.2) is 5.43 Å². The first-order valence-corrected chi connectivity index (χ1v) is 9.65. The zero-order valence-electron chi connectivity index (χ0n) is 17.8. The first-order valence-electron chi connectivity index (χ1n) is 9.65. The number of nitro groups is 1. The summed E-state index contributed by atoms with van der Waals surface area (Å²) in [6.45, 7) is 1.03. The lowest BCUT2D eigenvalue weighted by molar-refractivity contribution is -0.806. The topological polar surface area (TPSA) is 174 Å². The van der Waals surface area contributed by atoms with Crippen LogP contribution in [0.1, 0.15) is 11.3 Å². The average molecular weight is 471 g/mol. The van der Waals surface area contributed by atoms with Crippen LogP contribution in [0.2, 0.25) is 0 Å². The van der Waals surface area contributed by atoms with E-state index in [9.17, 15) is 20.1 Å². The molecule has 34 heavy (non-hydrogen) atoms. The van der Waals surface area contributed by atoms with Gasteiger partial charge in [0.1, 0.15) is 5.56 Å². The Morgan fingerprint density at radius 3 is 2.79 bits per heavy atom. The number of nitrogens with one attached hydrogen (secondary N) is 1. The number of hydrogen-bond donors (Lipinski definition) is 1. The molecule has 1 aliphatic heterocycles. The molecule has 2 heterocycles. The number of carbonyl (C=O) groups excluding carboxylic acids is 1. The predicted molar refractivity (Wildman–Crippen MR) is 113 cm³/mol. The smallest absolute Gasteiger partial charge is 0.285 e. The van der Waals surface area contributed by atoms with Crippen LogP contribution in [-0.2, 0) is 4.79 Å². The quantitative estimate of drug-likeness (QED) is 0.219. The minimum absolute atomic E-state index is 0.0113. The normalized spacial score (nSPS) is 12.1. The zero-order valence-corrected chi connectivity index (χ0v) is 17.8. The Labute approximate surface area is 191 Å². The van der Waals surface area contributed by atoms with E-state index in [2.05, 4.69) is 20.3 Å². The van der Waals surface area contributed by atoms with E-state index in [1.807, 2.05) is 0 Å². The van der Waals surface area contributed by atoms with Crippen molar-refractivity contribution in [2.75, 3.05) is 20.5 Å². The Kier molecular flexibility index (Phi) is 6.11. The molecule has 176 valence electrons. The van der Waals surface area contributed by atoms with Crippen molar-refractivity contribution in [3.05, 3.63) is 56.9 Å². The largest absolute Gasteiger partial charge is 0.493 e. The van der Waals surface area contributed by atoms with Gasteiger partial charge in [0.05, 0.1) is 24.3 Å². The number of rotatable bonds is 8. The first-order chi connectivity index (χ1) is 16.4. The van der Waals surface area contributed by atoms with E-state index in [1.54, 1.807) is 18.2 Å². The highest BCUT2D eigenvalue weighted by atomic mass is 16.8. The Balaban J connectivity index is 1.45. The van der Waals surface area contributed by atoms with E-state index >= 15 is 0 Å². The Bertz CT molecular complexity index is 1290. The van der Waals surface area contributed by atoms with Gasteiger partial charge in [0, 0.05) is 18.1 Å². The summed E-state index contributed by atoms with van der Waals surface area (Å²) in [5.74, 6) is 0.586. The maximum Gasteiger partial charge on any atom is 0.285 e. The van der Waals surface area contributed by atoms with Crippen molar-refractivity contribution in [3.8, 4) is 34.3 Å². The lowest BCUT2D eigenvalue weighted by atomic mass is 10.1. The molecule has 0 saturated heterocycles. The summed E-state index contributed by atoms with van der Waals surface area (Å²) in [6, 6.07) is 7.49. The van der Waals surface area contributed by atoms with Crippen LogP contribution in [0.4, 0.5) is 5.69 Å². The Morgan fingerprint density at radius 1 is 1.29 bits per heavy atom. The van der Waals surface area contributed by atoms with Crippen molar-refractivity contribution in [2.24, 2.45) is 5.10 Å². The molecule has 1 amide bonds. The molecule has 14 heteroatoms. The van der Waals surface area contributed by atoms with Gasteiger partial charge in [-0.15, -0.1) is 0 Å². The second-order valence-corrected chi connectivity index (χ2v) is 6.84. The summed E-state index contributed by atoms with van der Waals surface area (Å²) in [5, 5.41) is 30.5. The van der Waals surface area contributed by atoms with E-state index in [1.165, 1.54) is 26.3 Å². The Hall–Kier alpha value is -4.88. The number of methoxy groups -OCH3 is 1. The van der Waals surface area contributed by atoms with Gasteiger partial charge < -0.3 is 24.2 Å². The Morgan fingerprint density at radius 2 is 2.09 bits per heavy atom. The van der Waals surface area contributed by atoms with Crippen LogP contribution in [0.25, 0.3) is 11.3 Å². The number of aromatic nitrogens is 2. The molecule has 0 bridgehead atoms. The van der Waals surface area contributed by atoms with Crippen LogP contribution >= 0.6 is 0 Å². The highest BCUT2D eigenvalue weighted by Crippen LogP contribution is 2.40. The lowest BCUT2D eigenvalue weighted by Gasteiger charge is -2.11. The summed E-state index contributed by atoms with van der Waals surface area (Å²) in [6.07, 6.45) is 1.41. The molecule has 0 unspecified atom stereocenters. The zero-order chi connectivity index (χ0) is 24.2. The van der Waals surface area contributed by atoms with Crippen LogP contribution in [0.3, 0.4) is 0 Å². The number of carbonyl (C=O) groups is 1. The third-order valence-corrected chi connectivity index (χ3v) is 4.71. The fourth-order valence-electron chi connectivity index (χ4n) is 3.05. The van der Waals surface area contributed by atoms with Crippen LogP contribution in [0.5, 0.6) is 23.0 Å². The van der Waals surface area contributed by atoms with Crippen molar-refractivity contribution < 1.29 is 38.2 Å². The molecule has 14 nitrogen and oxygen atoms in total. The maximum absolute atomic E-state index is 12.1. The number of nitrogens with zero attached hydrogens (tertiary/aromatic N) is 4. The van der Waals surface area contributed by atoms with Gasteiger partial charge in [-0.05, 0) is 28.7 Å². The lowest BCUT2D eigenvalue weighted by Crippen LogP contribution is -2.25. The number of fused-ring (bicyclic) bond motifs is 1. The molecule has 3 aromatic rings. The third kappa shape index (κ3) is 4.50. The van der Waals surface area contributed by atoms with Crippen molar-refractivity contribution in [1.82, 2.24) is 10.6 Å². The fraction of sp³-hybridized carbons (Fsp3) is 0.200.